The number of aromatic amines is 1. The van der Waals surface area contributed by atoms with Gasteiger partial charge in [0.2, 0.25) is 0 Å². The van der Waals surface area contributed by atoms with Crippen LogP contribution in [0.1, 0.15) is 10.4 Å². The summed E-state index contributed by atoms with van der Waals surface area (Å²) in [4.78, 5) is 25.2. The lowest BCUT2D eigenvalue weighted by Crippen LogP contribution is -2.20. The van der Waals surface area contributed by atoms with E-state index in [-0.39, 0.29) is 11.4 Å². The number of primary amides is 1. The highest BCUT2D eigenvalue weighted by Crippen LogP contribution is 2.33. The maximum Gasteiger partial charge on any atom is 0.316 e. The molecule has 0 saturated carbocycles. The van der Waals surface area contributed by atoms with E-state index in [9.17, 15) is 19.1 Å². The van der Waals surface area contributed by atoms with Crippen LogP contribution in [0.15, 0.2) is 30.6 Å². The number of rotatable bonds is 3. The van der Waals surface area contributed by atoms with Crippen molar-refractivity contribution in [2.45, 2.75) is 0 Å². The Bertz CT molecular complexity index is 655. The van der Waals surface area contributed by atoms with E-state index in [1.54, 1.807) is 6.20 Å². The summed E-state index contributed by atoms with van der Waals surface area (Å²) in [6.45, 7) is 0. The van der Waals surface area contributed by atoms with E-state index in [1.807, 2.05) is 0 Å². The Labute approximate surface area is 112 Å². The molecule has 0 aliphatic carbocycles. The van der Waals surface area contributed by atoms with Crippen molar-refractivity contribution in [3.8, 4) is 5.75 Å². The van der Waals surface area contributed by atoms with E-state index in [0.29, 0.717) is 5.56 Å². The number of hydrogen-bond acceptors (Lipinski definition) is 3. The number of anilines is 2. The molecule has 0 aliphatic rings. The molecule has 0 saturated heterocycles. The Kier molecular flexibility index (Phi) is 3.56. The van der Waals surface area contributed by atoms with Gasteiger partial charge in [0.1, 0.15) is 5.82 Å². The minimum absolute atomic E-state index is 0.181. The maximum absolute atomic E-state index is 13.4. The van der Waals surface area contributed by atoms with Crippen molar-refractivity contribution in [1.82, 2.24) is 4.98 Å². The Morgan fingerprint density at radius 2 is 1.90 bits per heavy atom. The third-order valence-electron chi connectivity index (χ3n) is 2.44. The highest BCUT2D eigenvalue weighted by atomic mass is 19.1. The van der Waals surface area contributed by atoms with Gasteiger partial charge >= 0.3 is 6.03 Å². The molecule has 0 fully saturated rings. The largest absolute Gasteiger partial charge is 0.504 e. The smallest absolute Gasteiger partial charge is 0.316 e. The van der Waals surface area contributed by atoms with E-state index < -0.39 is 23.5 Å². The van der Waals surface area contributed by atoms with Crippen LogP contribution < -0.4 is 16.4 Å². The Hall–Kier alpha value is -3.03. The fourth-order valence-electron chi connectivity index (χ4n) is 1.58. The van der Waals surface area contributed by atoms with Gasteiger partial charge in [-0.25, -0.2) is 9.18 Å². The summed E-state index contributed by atoms with van der Waals surface area (Å²) in [7, 11) is 0. The second-order valence-corrected chi connectivity index (χ2v) is 3.89. The molecule has 6 N–H and O–H groups in total. The summed E-state index contributed by atoms with van der Waals surface area (Å²) >= 11 is 0. The minimum Gasteiger partial charge on any atom is -0.504 e. The van der Waals surface area contributed by atoms with Crippen molar-refractivity contribution in [2.75, 3.05) is 10.6 Å². The molecule has 0 radical (unpaired) electrons. The number of amides is 3. The average Bonchev–Trinajstić information content (AvgIpc) is 2.88. The van der Waals surface area contributed by atoms with Crippen molar-refractivity contribution in [3.05, 3.63) is 42.0 Å². The predicted molar refractivity (Wildman–Crippen MR) is 70.0 cm³/mol. The highest BCUT2D eigenvalue weighted by molar-refractivity contribution is 6.05. The zero-order valence-corrected chi connectivity index (χ0v) is 10.1. The molecule has 0 bridgehead atoms. The molecule has 0 spiro atoms. The van der Waals surface area contributed by atoms with E-state index in [0.717, 1.165) is 12.1 Å². The number of urea groups is 1. The van der Waals surface area contributed by atoms with Crippen LogP contribution in [-0.2, 0) is 0 Å². The van der Waals surface area contributed by atoms with Gasteiger partial charge in [-0.05, 0) is 6.07 Å². The first-order valence-electron chi connectivity index (χ1n) is 5.50. The number of carbonyl (C=O) groups is 2. The van der Waals surface area contributed by atoms with E-state index in [4.69, 9.17) is 5.73 Å². The number of H-pyrrole nitrogens is 1. The number of aromatic hydroxyl groups is 1. The molecule has 7 nitrogen and oxygen atoms in total. The summed E-state index contributed by atoms with van der Waals surface area (Å²) in [6.07, 6.45) is 2.98. The van der Waals surface area contributed by atoms with Crippen molar-refractivity contribution in [2.24, 2.45) is 5.73 Å². The number of benzene rings is 1. The number of nitrogens with two attached hydrogens (primary N) is 1. The van der Waals surface area contributed by atoms with Gasteiger partial charge in [0, 0.05) is 24.5 Å². The van der Waals surface area contributed by atoms with E-state index >= 15 is 0 Å². The first-order chi connectivity index (χ1) is 9.47. The second kappa shape index (κ2) is 5.31. The topological polar surface area (TPSA) is 120 Å². The first-order valence-corrected chi connectivity index (χ1v) is 5.50. The van der Waals surface area contributed by atoms with Gasteiger partial charge in [0.25, 0.3) is 5.91 Å². The van der Waals surface area contributed by atoms with Gasteiger partial charge < -0.3 is 26.5 Å². The Morgan fingerprint density at radius 3 is 2.45 bits per heavy atom. The lowest BCUT2D eigenvalue weighted by molar-refractivity contribution is 0.102. The molecule has 20 heavy (non-hydrogen) atoms. The molecule has 3 amide bonds. The second-order valence-electron chi connectivity index (χ2n) is 3.89. The molecular formula is C12H11FN4O3. The zero-order chi connectivity index (χ0) is 14.7. The average molecular weight is 278 g/mol. The quantitative estimate of drug-likeness (QED) is 0.548. The number of hydrogen-bond donors (Lipinski definition) is 5. The molecule has 0 atom stereocenters. The van der Waals surface area contributed by atoms with Crippen LogP contribution in [0.25, 0.3) is 0 Å². The van der Waals surface area contributed by atoms with Crippen molar-refractivity contribution in [1.29, 1.82) is 0 Å². The molecule has 8 heteroatoms. The molecule has 1 heterocycles. The lowest BCUT2D eigenvalue weighted by Gasteiger charge is -2.11. The predicted octanol–water partition coefficient (Wildman–Crippen LogP) is 1.60. The molecule has 0 unspecified atom stereocenters. The Morgan fingerprint density at radius 1 is 1.25 bits per heavy atom. The number of phenolic OH excluding ortho intramolecular Hbond substituents is 1. The van der Waals surface area contributed by atoms with Gasteiger partial charge in [0.05, 0.1) is 16.9 Å². The molecule has 104 valence electrons. The van der Waals surface area contributed by atoms with E-state index in [1.165, 1.54) is 12.3 Å². The molecule has 0 aliphatic heterocycles. The molecule has 2 aromatic rings. The van der Waals surface area contributed by atoms with Gasteiger partial charge in [-0.2, -0.15) is 0 Å². The Balaban J connectivity index is 2.29. The van der Waals surface area contributed by atoms with Crippen LogP contribution in [0, 0.1) is 5.82 Å². The fraction of sp³-hybridized carbons (Fsp3) is 0. The van der Waals surface area contributed by atoms with Crippen LogP contribution in [-0.4, -0.2) is 22.0 Å². The molecular weight excluding hydrogens is 267 g/mol. The summed E-state index contributed by atoms with van der Waals surface area (Å²) in [5.41, 5.74) is 4.79. The summed E-state index contributed by atoms with van der Waals surface area (Å²) in [5.74, 6) is -1.79. The SMILES string of the molecule is NC(=O)Nc1cc(F)cc(NC(=O)c2cc[nH]c2)c1O. The van der Waals surface area contributed by atoms with Crippen molar-refractivity contribution < 1.29 is 19.1 Å². The number of halogens is 1. The van der Waals surface area contributed by atoms with Crippen LogP contribution in [0.3, 0.4) is 0 Å². The van der Waals surface area contributed by atoms with Crippen molar-refractivity contribution >= 4 is 23.3 Å². The monoisotopic (exact) mass is 278 g/mol. The third-order valence-corrected chi connectivity index (χ3v) is 2.44. The van der Waals surface area contributed by atoms with E-state index in [2.05, 4.69) is 15.6 Å². The fourth-order valence-corrected chi connectivity index (χ4v) is 1.58. The first kappa shape index (κ1) is 13.4. The number of nitrogens with one attached hydrogen (secondary N) is 3. The normalized spacial score (nSPS) is 10.1. The van der Waals surface area contributed by atoms with Crippen LogP contribution in [0.5, 0.6) is 5.75 Å². The van der Waals surface area contributed by atoms with Crippen LogP contribution in [0.4, 0.5) is 20.6 Å². The molecule has 1 aromatic carbocycles. The zero-order valence-electron chi connectivity index (χ0n) is 10.1. The van der Waals surface area contributed by atoms with Gasteiger partial charge in [0.15, 0.2) is 5.75 Å². The molecule has 2 rings (SSSR count). The van der Waals surface area contributed by atoms with Crippen LogP contribution in [0.2, 0.25) is 0 Å². The highest BCUT2D eigenvalue weighted by Gasteiger charge is 2.15. The van der Waals surface area contributed by atoms with Gasteiger partial charge in [-0.1, -0.05) is 0 Å². The van der Waals surface area contributed by atoms with Gasteiger partial charge in [-0.15, -0.1) is 0 Å². The minimum atomic E-state index is -0.964. The standard InChI is InChI=1S/C12H11FN4O3/c13-7-3-8(10(18)9(4-7)17-12(14)20)16-11(19)6-1-2-15-5-6/h1-5,15,18H,(H,16,19)(H3,14,17,20). The van der Waals surface area contributed by atoms with Crippen LogP contribution >= 0.6 is 0 Å². The number of aromatic nitrogens is 1. The van der Waals surface area contributed by atoms with Crippen molar-refractivity contribution in [3.63, 3.8) is 0 Å². The number of phenols is 1. The third kappa shape index (κ3) is 2.86. The van der Waals surface area contributed by atoms with Gasteiger partial charge in [-0.3, -0.25) is 4.79 Å². The summed E-state index contributed by atoms with van der Waals surface area (Å²) in [5, 5.41) is 14.2. The maximum atomic E-state index is 13.4. The summed E-state index contributed by atoms with van der Waals surface area (Å²) < 4.78 is 13.4. The summed E-state index contributed by atoms with van der Waals surface area (Å²) in [6, 6.07) is 2.35. The lowest BCUT2D eigenvalue weighted by atomic mass is 10.2. The number of carbonyl (C=O) groups excluding carboxylic acids is 2. The molecule has 1 aromatic heterocycles.